The molecule has 0 atom stereocenters. The summed E-state index contributed by atoms with van der Waals surface area (Å²) in [5.74, 6) is 0. The second-order valence-electron chi connectivity index (χ2n) is 0.469. The van der Waals surface area contributed by atoms with Crippen LogP contribution in [0.15, 0.2) is 0 Å². The van der Waals surface area contributed by atoms with Gasteiger partial charge in [0, 0.05) is 10.1 Å². The highest BCUT2D eigenvalue weighted by Crippen LogP contribution is 1.74. The van der Waals surface area contributed by atoms with Crippen molar-refractivity contribution in [2.75, 3.05) is 0 Å². The predicted molar refractivity (Wildman–Crippen MR) is 15.7 cm³/mol. The van der Waals surface area contributed by atoms with E-state index in [9.17, 15) is 0 Å². The molecule has 6 nitrogen and oxygen atoms in total. The standard InChI is InChI=1S/C2O6/c3-1-5-7-8-6-2-4. The van der Waals surface area contributed by atoms with Gasteiger partial charge in [0.05, 0.1) is 0 Å². The van der Waals surface area contributed by atoms with Crippen LogP contribution in [-0.2, 0) is 29.4 Å². The quantitative estimate of drug-likeness (QED) is 0.261. The zero-order chi connectivity index (χ0) is 6.24. The van der Waals surface area contributed by atoms with E-state index in [1.807, 2.05) is 0 Å². The molecule has 8 heavy (non-hydrogen) atoms. The fourth-order valence-electron chi connectivity index (χ4n) is 0.0556. The van der Waals surface area contributed by atoms with Gasteiger partial charge in [0.25, 0.3) is 0 Å². The molecule has 0 aliphatic carbocycles. The van der Waals surface area contributed by atoms with Crippen molar-refractivity contribution in [2.45, 2.75) is 0 Å². The molecule has 0 heterocycles. The van der Waals surface area contributed by atoms with Crippen molar-refractivity contribution in [1.82, 2.24) is 0 Å². The largest absolute Gasteiger partial charge is 0.456 e. The monoisotopic (exact) mass is 120 g/mol. The minimum absolute atomic E-state index is 0.820. The molecule has 0 aliphatic rings. The predicted octanol–water partition coefficient (Wildman–Crippen LogP) is -1.07. The molecule has 44 valence electrons. The van der Waals surface area contributed by atoms with Crippen LogP contribution in [0.3, 0.4) is 0 Å². The van der Waals surface area contributed by atoms with Gasteiger partial charge < -0.3 is 0 Å². The lowest BCUT2D eigenvalue weighted by molar-refractivity contribution is -0.589. The van der Waals surface area contributed by atoms with E-state index in [2.05, 4.69) is 19.9 Å². The number of carbonyl (C=O) groups excluding carboxylic acids is 2. The van der Waals surface area contributed by atoms with Gasteiger partial charge in [0.1, 0.15) is 0 Å². The van der Waals surface area contributed by atoms with Crippen molar-refractivity contribution in [1.29, 1.82) is 0 Å². The second-order valence-corrected chi connectivity index (χ2v) is 0.469. The van der Waals surface area contributed by atoms with Crippen LogP contribution < -0.4 is 0 Å². The average molecular weight is 120 g/mol. The maximum absolute atomic E-state index is 9.06. The Morgan fingerprint density at radius 1 is 0.875 bits per heavy atom. The van der Waals surface area contributed by atoms with Crippen molar-refractivity contribution < 1.29 is 29.4 Å². The van der Waals surface area contributed by atoms with Gasteiger partial charge in [0.2, 0.25) is 0 Å². The summed E-state index contributed by atoms with van der Waals surface area (Å²) in [7, 11) is 0. The maximum Gasteiger partial charge on any atom is 0.456 e. The minimum atomic E-state index is 0.820. The fraction of sp³-hybridized carbons (Fsp3) is 0. The molecule has 0 unspecified atom stereocenters. The molecule has 6 heteroatoms. The van der Waals surface area contributed by atoms with Crippen LogP contribution in [0.4, 0.5) is 0 Å². The first-order valence-corrected chi connectivity index (χ1v) is 1.32. The lowest BCUT2D eigenvalue weighted by Gasteiger charge is -1.86. The molecule has 2 radical (unpaired) electrons. The fourth-order valence-corrected chi connectivity index (χ4v) is 0.0556. The van der Waals surface area contributed by atoms with Crippen molar-refractivity contribution in [3.63, 3.8) is 0 Å². The van der Waals surface area contributed by atoms with E-state index in [-0.39, 0.29) is 0 Å². The van der Waals surface area contributed by atoms with Crippen molar-refractivity contribution in [3.05, 3.63) is 0 Å². The number of hydrogen-bond donors (Lipinski definition) is 0. The molecular formula is C2O6. The van der Waals surface area contributed by atoms with Gasteiger partial charge in [-0.05, 0) is 0 Å². The van der Waals surface area contributed by atoms with E-state index in [4.69, 9.17) is 9.59 Å². The Morgan fingerprint density at radius 2 is 1.25 bits per heavy atom. The molecule has 0 saturated carbocycles. The van der Waals surface area contributed by atoms with Crippen LogP contribution in [0.2, 0.25) is 0 Å². The third-order valence-corrected chi connectivity index (χ3v) is 0.164. The average Bonchev–Trinajstić information content (AvgIpc) is 1.81. The molecule has 0 aliphatic heterocycles. The van der Waals surface area contributed by atoms with Crippen molar-refractivity contribution >= 4 is 12.9 Å². The molecular weight excluding hydrogens is 120 g/mol. The zero-order valence-electron chi connectivity index (χ0n) is 3.45. The molecule has 0 amide bonds. The van der Waals surface area contributed by atoms with E-state index in [0.717, 1.165) is 12.9 Å². The summed E-state index contributed by atoms with van der Waals surface area (Å²) in [5, 5.41) is 6.63. The van der Waals surface area contributed by atoms with E-state index < -0.39 is 0 Å². The van der Waals surface area contributed by atoms with Crippen LogP contribution in [-0.4, -0.2) is 12.9 Å². The molecule has 0 aromatic carbocycles. The Balaban J connectivity index is 2.71. The molecule has 0 rings (SSSR count). The first kappa shape index (κ1) is 6.86. The highest BCUT2D eigenvalue weighted by Gasteiger charge is 1.85. The van der Waals surface area contributed by atoms with E-state index in [1.54, 1.807) is 0 Å². The lowest BCUT2D eigenvalue weighted by atomic mass is 11.6. The molecule has 0 N–H and O–H groups in total. The summed E-state index contributed by atoms with van der Waals surface area (Å²) in [6.45, 7) is 1.64. The van der Waals surface area contributed by atoms with Gasteiger partial charge in [-0.1, -0.05) is 0 Å². The van der Waals surface area contributed by atoms with Gasteiger partial charge in [0.15, 0.2) is 0 Å². The van der Waals surface area contributed by atoms with Gasteiger partial charge in [-0.2, -0.15) is 0 Å². The summed E-state index contributed by atoms with van der Waals surface area (Å²) in [6.07, 6.45) is 0. The molecule has 0 fully saturated rings. The third kappa shape index (κ3) is 4.86. The van der Waals surface area contributed by atoms with E-state index >= 15 is 0 Å². The van der Waals surface area contributed by atoms with Gasteiger partial charge in [-0.3, -0.25) is 9.78 Å². The molecule has 0 saturated heterocycles. The first-order valence-electron chi connectivity index (χ1n) is 1.32. The Kier molecular flexibility index (Phi) is 5.02. The summed E-state index contributed by atoms with van der Waals surface area (Å²) >= 11 is 0. The van der Waals surface area contributed by atoms with Crippen LogP contribution >= 0.6 is 0 Å². The Hall–Kier alpha value is -1.14. The van der Waals surface area contributed by atoms with Crippen LogP contribution in [0.5, 0.6) is 0 Å². The molecule has 0 aromatic heterocycles. The van der Waals surface area contributed by atoms with Gasteiger partial charge >= 0.3 is 12.9 Å². The Bertz CT molecular complexity index is 58.9. The van der Waals surface area contributed by atoms with Crippen molar-refractivity contribution in [3.8, 4) is 0 Å². The topological polar surface area (TPSA) is 71.1 Å². The highest BCUT2D eigenvalue weighted by atomic mass is 17.7. The summed E-state index contributed by atoms with van der Waals surface area (Å²) in [5.41, 5.74) is 0. The summed E-state index contributed by atoms with van der Waals surface area (Å²) in [6, 6.07) is 0. The van der Waals surface area contributed by atoms with Crippen molar-refractivity contribution in [2.24, 2.45) is 0 Å². The smallest absolute Gasteiger partial charge is 0.253 e. The van der Waals surface area contributed by atoms with Crippen LogP contribution in [0.25, 0.3) is 0 Å². The molecule has 0 spiro atoms. The summed E-state index contributed by atoms with van der Waals surface area (Å²) in [4.78, 5) is 24.7. The zero-order valence-corrected chi connectivity index (χ0v) is 3.45. The Labute approximate surface area is 43.7 Å². The summed E-state index contributed by atoms with van der Waals surface area (Å²) < 4.78 is 0. The second kappa shape index (κ2) is 5.86. The lowest BCUT2D eigenvalue weighted by Crippen LogP contribution is -1.94. The van der Waals surface area contributed by atoms with Gasteiger partial charge in [-0.25, -0.2) is 9.59 Å². The van der Waals surface area contributed by atoms with Crippen LogP contribution in [0, 0.1) is 0 Å². The maximum atomic E-state index is 9.06. The molecule has 0 aromatic rings. The van der Waals surface area contributed by atoms with Crippen LogP contribution in [0.1, 0.15) is 0 Å². The van der Waals surface area contributed by atoms with Gasteiger partial charge in [-0.15, -0.1) is 0 Å². The molecule has 0 bridgehead atoms. The third-order valence-electron chi connectivity index (χ3n) is 0.164. The van der Waals surface area contributed by atoms with E-state index in [0.29, 0.717) is 0 Å². The first-order chi connectivity index (χ1) is 3.91. The highest BCUT2D eigenvalue weighted by molar-refractivity contribution is 5.37. The Morgan fingerprint density at radius 3 is 1.50 bits per heavy atom. The normalized spacial score (nSPS) is 7.50. The number of rotatable bonds is 5. The van der Waals surface area contributed by atoms with E-state index in [1.165, 1.54) is 0 Å². The SMILES string of the molecule is O=[C]OOOO[C]=O. The number of hydrogen-bond acceptors (Lipinski definition) is 6. The minimum Gasteiger partial charge on any atom is -0.253 e.